The number of carboxylic acid groups (broad SMARTS) is 1. The second kappa shape index (κ2) is 11.7. The monoisotopic (exact) mass is 468 g/mol. The minimum absolute atomic E-state index is 0.0131. The molecule has 1 amide bonds. The van der Waals surface area contributed by atoms with Crippen molar-refractivity contribution in [2.45, 2.75) is 57.5 Å². The largest absolute Gasteiger partial charge is 0.494 e. The fourth-order valence-corrected chi connectivity index (χ4v) is 4.54. The number of rotatable bonds is 8. The summed E-state index contributed by atoms with van der Waals surface area (Å²) in [4.78, 5) is 28.8. The summed E-state index contributed by atoms with van der Waals surface area (Å²) in [6.45, 7) is 1.76. The Labute approximate surface area is 199 Å². The minimum atomic E-state index is -1.12. The molecular weight excluding hydrogens is 436 g/mol. The third-order valence-corrected chi connectivity index (χ3v) is 6.51. The van der Waals surface area contributed by atoms with E-state index in [1.165, 1.54) is 50.6 Å². The van der Waals surface area contributed by atoms with Gasteiger partial charge in [-0.05, 0) is 42.7 Å². The summed E-state index contributed by atoms with van der Waals surface area (Å²) in [6, 6.07) is 9.04. The van der Waals surface area contributed by atoms with Gasteiger partial charge in [0.05, 0.1) is 18.4 Å². The van der Waals surface area contributed by atoms with E-state index < -0.39 is 12.1 Å². The molecule has 34 heavy (non-hydrogen) atoms. The number of ether oxygens (including phenoxy) is 3. The van der Waals surface area contributed by atoms with Crippen LogP contribution in [0.4, 0.5) is 4.79 Å². The highest BCUT2D eigenvalue weighted by atomic mass is 16.6. The van der Waals surface area contributed by atoms with Crippen molar-refractivity contribution >= 4 is 12.1 Å². The van der Waals surface area contributed by atoms with Crippen molar-refractivity contribution in [2.24, 2.45) is 5.92 Å². The summed E-state index contributed by atoms with van der Waals surface area (Å²) >= 11 is 0. The lowest BCUT2D eigenvalue weighted by molar-refractivity contribution is 0.0694. The predicted octanol–water partition coefficient (Wildman–Crippen LogP) is 5.17. The molecule has 8 nitrogen and oxygen atoms in total. The van der Waals surface area contributed by atoms with Gasteiger partial charge in [-0.2, -0.15) is 0 Å². The number of hydrogen-bond acceptors (Lipinski definition) is 6. The molecule has 0 unspecified atom stereocenters. The summed E-state index contributed by atoms with van der Waals surface area (Å²) in [5, 5.41) is 9.03. The van der Waals surface area contributed by atoms with Crippen molar-refractivity contribution in [3.05, 3.63) is 48.3 Å². The van der Waals surface area contributed by atoms with E-state index in [-0.39, 0.29) is 17.4 Å². The number of benzene rings is 1. The van der Waals surface area contributed by atoms with Crippen molar-refractivity contribution in [2.75, 3.05) is 19.7 Å². The standard InChI is InChI=1S/C26H32N2O6/c29-25(30)20-16-24(18-27-17-20)34-26(31)28-13-10-23(11-14-28)33-22-8-6-21(7-9-22)32-15-12-19-4-2-1-3-5-19/h6-9,16-19,23H,1-5,10-15H2,(H,29,30). The van der Waals surface area contributed by atoms with Gasteiger partial charge in [0.2, 0.25) is 0 Å². The first-order valence-corrected chi connectivity index (χ1v) is 12.1. The molecule has 2 fully saturated rings. The Morgan fingerprint density at radius 3 is 2.35 bits per heavy atom. The number of amides is 1. The van der Waals surface area contributed by atoms with Crippen LogP contribution in [0, 0.1) is 5.92 Å². The second-order valence-corrected chi connectivity index (χ2v) is 9.00. The van der Waals surface area contributed by atoms with Gasteiger partial charge in [-0.15, -0.1) is 0 Å². The Hall–Kier alpha value is -3.29. The van der Waals surface area contributed by atoms with Crippen LogP contribution in [0.5, 0.6) is 17.2 Å². The first-order valence-electron chi connectivity index (χ1n) is 12.1. The maximum absolute atomic E-state index is 12.4. The van der Waals surface area contributed by atoms with Gasteiger partial charge in [0.25, 0.3) is 0 Å². The fourth-order valence-electron chi connectivity index (χ4n) is 4.54. The van der Waals surface area contributed by atoms with Gasteiger partial charge in [0.1, 0.15) is 17.6 Å². The number of nitrogens with zero attached hydrogens (tertiary/aromatic N) is 2. The highest BCUT2D eigenvalue weighted by Gasteiger charge is 2.25. The Morgan fingerprint density at radius 2 is 1.65 bits per heavy atom. The first kappa shape index (κ1) is 23.9. The molecular formula is C26H32N2O6. The second-order valence-electron chi connectivity index (χ2n) is 9.00. The average molecular weight is 469 g/mol. The number of pyridine rings is 1. The number of likely N-dealkylation sites (tertiary alicyclic amines) is 1. The van der Waals surface area contributed by atoms with E-state index in [1.807, 2.05) is 24.3 Å². The van der Waals surface area contributed by atoms with E-state index in [4.69, 9.17) is 19.3 Å². The average Bonchev–Trinajstić information content (AvgIpc) is 2.86. The quantitative estimate of drug-likeness (QED) is 0.571. The van der Waals surface area contributed by atoms with Gasteiger partial charge in [0.15, 0.2) is 5.75 Å². The molecule has 2 aromatic rings. The summed E-state index contributed by atoms with van der Waals surface area (Å²) < 4.78 is 17.3. The van der Waals surface area contributed by atoms with Gasteiger partial charge in [0, 0.05) is 32.1 Å². The summed E-state index contributed by atoms with van der Waals surface area (Å²) in [5.41, 5.74) is -0.0296. The van der Waals surface area contributed by atoms with Gasteiger partial charge in [-0.1, -0.05) is 32.1 Å². The molecule has 1 saturated heterocycles. The minimum Gasteiger partial charge on any atom is -0.494 e. The van der Waals surface area contributed by atoms with Gasteiger partial charge >= 0.3 is 12.1 Å². The number of carbonyl (C=O) groups is 2. The van der Waals surface area contributed by atoms with Crippen LogP contribution >= 0.6 is 0 Å². The van der Waals surface area contributed by atoms with Crippen LogP contribution in [0.15, 0.2) is 42.7 Å². The molecule has 182 valence electrons. The highest BCUT2D eigenvalue weighted by molar-refractivity contribution is 5.87. The van der Waals surface area contributed by atoms with E-state index in [2.05, 4.69) is 4.98 Å². The summed E-state index contributed by atoms with van der Waals surface area (Å²) in [5.74, 6) is 1.46. The molecule has 1 aliphatic carbocycles. The highest BCUT2D eigenvalue weighted by Crippen LogP contribution is 2.27. The SMILES string of the molecule is O=C(O)c1cncc(OC(=O)N2CCC(Oc3ccc(OCCC4CCCCC4)cc3)CC2)c1. The number of carboxylic acids is 1. The molecule has 8 heteroatoms. The Morgan fingerprint density at radius 1 is 0.941 bits per heavy atom. The summed E-state index contributed by atoms with van der Waals surface area (Å²) in [7, 11) is 0. The van der Waals surface area contributed by atoms with Gasteiger partial charge in [-0.3, -0.25) is 4.98 Å². The van der Waals surface area contributed by atoms with Gasteiger partial charge < -0.3 is 24.2 Å². The molecule has 0 atom stereocenters. The van der Waals surface area contributed by atoms with Crippen LogP contribution in [0.25, 0.3) is 0 Å². The van der Waals surface area contributed by atoms with E-state index in [1.54, 1.807) is 4.90 Å². The van der Waals surface area contributed by atoms with E-state index in [0.717, 1.165) is 30.4 Å². The van der Waals surface area contributed by atoms with Crippen LogP contribution < -0.4 is 14.2 Å². The third-order valence-electron chi connectivity index (χ3n) is 6.51. The van der Waals surface area contributed by atoms with Crippen molar-refractivity contribution in [3.63, 3.8) is 0 Å². The molecule has 1 aromatic heterocycles. The molecule has 1 aliphatic heterocycles. The molecule has 0 bridgehead atoms. The lowest BCUT2D eigenvalue weighted by Crippen LogP contribution is -2.43. The van der Waals surface area contributed by atoms with Crippen LogP contribution in [0.2, 0.25) is 0 Å². The zero-order valence-electron chi connectivity index (χ0n) is 19.4. The fraction of sp³-hybridized carbons (Fsp3) is 0.500. The normalized spacial score (nSPS) is 17.2. The molecule has 2 heterocycles. The predicted molar refractivity (Wildman–Crippen MR) is 126 cm³/mol. The number of hydrogen-bond donors (Lipinski definition) is 1. The van der Waals surface area contributed by atoms with Crippen LogP contribution in [-0.2, 0) is 0 Å². The smallest absolute Gasteiger partial charge is 0.415 e. The Bertz CT molecular complexity index is 950. The molecule has 2 aliphatic rings. The third kappa shape index (κ3) is 6.85. The summed E-state index contributed by atoms with van der Waals surface area (Å²) in [6.07, 6.45) is 11.3. The lowest BCUT2D eigenvalue weighted by Gasteiger charge is -2.31. The van der Waals surface area contributed by atoms with E-state index in [0.29, 0.717) is 25.9 Å². The number of aromatic nitrogens is 1. The number of carbonyl (C=O) groups excluding carboxylic acids is 1. The van der Waals surface area contributed by atoms with Crippen molar-refractivity contribution in [3.8, 4) is 17.2 Å². The van der Waals surface area contributed by atoms with Crippen LogP contribution in [0.1, 0.15) is 61.7 Å². The molecule has 0 spiro atoms. The van der Waals surface area contributed by atoms with Crippen molar-refractivity contribution in [1.82, 2.24) is 9.88 Å². The maximum atomic E-state index is 12.4. The van der Waals surface area contributed by atoms with Crippen LogP contribution in [0.3, 0.4) is 0 Å². The molecule has 1 N–H and O–H groups in total. The van der Waals surface area contributed by atoms with Crippen molar-refractivity contribution < 1.29 is 28.9 Å². The maximum Gasteiger partial charge on any atom is 0.415 e. The first-order chi connectivity index (χ1) is 16.6. The zero-order chi connectivity index (χ0) is 23.8. The van der Waals surface area contributed by atoms with Crippen LogP contribution in [-0.4, -0.2) is 52.9 Å². The van der Waals surface area contributed by atoms with Crippen molar-refractivity contribution in [1.29, 1.82) is 0 Å². The Kier molecular flexibility index (Phi) is 8.22. The number of piperidine rings is 1. The molecule has 4 rings (SSSR count). The molecule has 1 saturated carbocycles. The van der Waals surface area contributed by atoms with Gasteiger partial charge in [-0.25, -0.2) is 9.59 Å². The van der Waals surface area contributed by atoms with E-state index in [9.17, 15) is 9.59 Å². The molecule has 1 aromatic carbocycles. The lowest BCUT2D eigenvalue weighted by atomic mass is 9.87. The molecule has 0 radical (unpaired) electrons. The zero-order valence-corrected chi connectivity index (χ0v) is 19.4. The number of aromatic carboxylic acids is 1. The Balaban J connectivity index is 1.17. The topological polar surface area (TPSA) is 98.2 Å². The van der Waals surface area contributed by atoms with E-state index >= 15 is 0 Å².